The highest BCUT2D eigenvalue weighted by Gasteiger charge is 2.38. The maximum absolute atomic E-state index is 12.7. The highest BCUT2D eigenvalue weighted by molar-refractivity contribution is 6.09. The van der Waals surface area contributed by atoms with Crippen LogP contribution in [0.15, 0.2) is 54.6 Å². The van der Waals surface area contributed by atoms with E-state index in [-0.39, 0.29) is 11.8 Å². The molecule has 0 spiro atoms. The second kappa shape index (κ2) is 7.83. The number of carbonyl (C=O) groups excluding carboxylic acids is 2. The van der Waals surface area contributed by atoms with Gasteiger partial charge in [0, 0.05) is 19.3 Å². The Hall–Kier alpha value is -2.82. The molecular formula is C20H24N2O3. The zero-order valence-electron chi connectivity index (χ0n) is 15.1. The van der Waals surface area contributed by atoms with Crippen molar-refractivity contribution in [1.82, 2.24) is 4.90 Å². The molecule has 2 aromatic carbocycles. The first kappa shape index (κ1) is 18.5. The van der Waals surface area contributed by atoms with Crippen LogP contribution in [0, 0.1) is 5.41 Å². The summed E-state index contributed by atoms with van der Waals surface area (Å²) in [6.07, 6.45) is 0. The Kier molecular flexibility index (Phi) is 5.80. The van der Waals surface area contributed by atoms with Gasteiger partial charge in [0.1, 0.15) is 11.2 Å². The number of amides is 2. The van der Waals surface area contributed by atoms with Gasteiger partial charge in [0.15, 0.2) is 0 Å². The van der Waals surface area contributed by atoms with E-state index in [2.05, 4.69) is 5.32 Å². The van der Waals surface area contributed by atoms with Crippen molar-refractivity contribution >= 4 is 17.5 Å². The maximum Gasteiger partial charge on any atom is 0.239 e. The predicted octanol–water partition coefficient (Wildman–Crippen LogP) is 3.32. The number of methoxy groups -OCH3 is 1. The van der Waals surface area contributed by atoms with Crippen LogP contribution < -0.4 is 10.1 Å². The molecule has 5 heteroatoms. The molecule has 0 heterocycles. The van der Waals surface area contributed by atoms with Crippen molar-refractivity contribution in [3.63, 3.8) is 0 Å². The average Bonchev–Trinajstić information content (AvgIpc) is 2.62. The summed E-state index contributed by atoms with van der Waals surface area (Å²) >= 11 is 0. The number of nitrogens with one attached hydrogen (secondary N) is 1. The number of hydrogen-bond acceptors (Lipinski definition) is 3. The lowest BCUT2D eigenvalue weighted by atomic mass is 9.90. The molecule has 2 amide bonds. The molecule has 0 fully saturated rings. The van der Waals surface area contributed by atoms with Crippen LogP contribution in [0.5, 0.6) is 5.75 Å². The van der Waals surface area contributed by atoms with Crippen LogP contribution in [-0.4, -0.2) is 30.9 Å². The van der Waals surface area contributed by atoms with Crippen LogP contribution in [-0.2, 0) is 16.1 Å². The molecule has 0 aliphatic heterocycles. The number of ether oxygens (including phenoxy) is 1. The lowest BCUT2D eigenvalue weighted by Crippen LogP contribution is -2.45. The predicted molar refractivity (Wildman–Crippen MR) is 98.3 cm³/mol. The third kappa shape index (κ3) is 4.59. The molecule has 0 aliphatic rings. The molecule has 1 N–H and O–H groups in total. The Balaban J connectivity index is 2.04. The monoisotopic (exact) mass is 340 g/mol. The van der Waals surface area contributed by atoms with Crippen LogP contribution in [0.2, 0.25) is 0 Å². The second-order valence-corrected chi connectivity index (χ2v) is 6.45. The summed E-state index contributed by atoms with van der Waals surface area (Å²) in [4.78, 5) is 26.9. The Bertz CT molecular complexity index is 724. The van der Waals surface area contributed by atoms with Crippen molar-refractivity contribution in [2.75, 3.05) is 19.5 Å². The molecule has 0 atom stereocenters. The van der Waals surface area contributed by atoms with E-state index in [1.807, 2.05) is 30.3 Å². The number of nitrogens with zero attached hydrogens (tertiary/aromatic N) is 1. The molecule has 25 heavy (non-hydrogen) atoms. The molecule has 0 bridgehead atoms. The van der Waals surface area contributed by atoms with Crippen LogP contribution in [0.1, 0.15) is 19.4 Å². The van der Waals surface area contributed by atoms with Gasteiger partial charge in [-0.3, -0.25) is 9.59 Å². The molecular weight excluding hydrogens is 316 g/mol. The maximum atomic E-state index is 12.7. The van der Waals surface area contributed by atoms with Gasteiger partial charge in [0.2, 0.25) is 11.8 Å². The molecule has 0 radical (unpaired) electrons. The van der Waals surface area contributed by atoms with Crippen LogP contribution in [0.4, 0.5) is 5.69 Å². The van der Waals surface area contributed by atoms with Crippen LogP contribution in [0.25, 0.3) is 0 Å². The topological polar surface area (TPSA) is 58.6 Å². The van der Waals surface area contributed by atoms with E-state index in [1.54, 1.807) is 57.2 Å². The van der Waals surface area contributed by atoms with Gasteiger partial charge in [-0.15, -0.1) is 0 Å². The minimum absolute atomic E-state index is 0.234. The Morgan fingerprint density at radius 3 is 2.20 bits per heavy atom. The number of benzene rings is 2. The minimum Gasteiger partial charge on any atom is -0.497 e. The summed E-state index contributed by atoms with van der Waals surface area (Å²) in [6.45, 7) is 3.73. The second-order valence-electron chi connectivity index (χ2n) is 6.45. The Labute approximate surface area is 148 Å². The normalized spacial score (nSPS) is 10.9. The summed E-state index contributed by atoms with van der Waals surface area (Å²) in [6, 6.07) is 16.7. The highest BCUT2D eigenvalue weighted by atomic mass is 16.5. The molecule has 132 valence electrons. The summed E-state index contributed by atoms with van der Waals surface area (Å²) in [7, 11) is 3.29. The van der Waals surface area contributed by atoms with Gasteiger partial charge < -0.3 is 15.0 Å². The fourth-order valence-electron chi connectivity index (χ4n) is 2.47. The molecule has 0 unspecified atom stereocenters. The van der Waals surface area contributed by atoms with Gasteiger partial charge in [-0.25, -0.2) is 0 Å². The highest BCUT2D eigenvalue weighted by Crippen LogP contribution is 2.23. The Morgan fingerprint density at radius 1 is 1.04 bits per heavy atom. The summed E-state index contributed by atoms with van der Waals surface area (Å²) in [5, 5.41) is 2.79. The molecule has 0 saturated heterocycles. The molecule has 5 nitrogen and oxygen atoms in total. The summed E-state index contributed by atoms with van der Waals surface area (Å²) in [5.74, 6) is 0.126. The number of hydrogen-bond donors (Lipinski definition) is 1. The molecule has 0 saturated carbocycles. The van der Waals surface area contributed by atoms with E-state index in [9.17, 15) is 9.59 Å². The van der Waals surface area contributed by atoms with E-state index < -0.39 is 5.41 Å². The smallest absolute Gasteiger partial charge is 0.239 e. The third-order valence-corrected chi connectivity index (χ3v) is 4.06. The zero-order valence-corrected chi connectivity index (χ0v) is 15.1. The van der Waals surface area contributed by atoms with Crippen LogP contribution >= 0.6 is 0 Å². The first-order valence-electron chi connectivity index (χ1n) is 8.09. The van der Waals surface area contributed by atoms with Crippen molar-refractivity contribution in [1.29, 1.82) is 0 Å². The van der Waals surface area contributed by atoms with Gasteiger partial charge >= 0.3 is 0 Å². The van der Waals surface area contributed by atoms with Gasteiger partial charge in [0.05, 0.1) is 7.11 Å². The first-order chi connectivity index (χ1) is 11.8. The molecule has 0 aromatic heterocycles. The molecule has 2 rings (SSSR count). The van der Waals surface area contributed by atoms with Crippen molar-refractivity contribution in [2.24, 2.45) is 5.41 Å². The summed E-state index contributed by atoms with van der Waals surface area (Å²) in [5.41, 5.74) is 0.464. The largest absolute Gasteiger partial charge is 0.497 e. The minimum atomic E-state index is -1.18. The van der Waals surface area contributed by atoms with E-state index in [1.165, 1.54) is 0 Å². The third-order valence-electron chi connectivity index (χ3n) is 4.06. The van der Waals surface area contributed by atoms with Crippen molar-refractivity contribution in [2.45, 2.75) is 20.4 Å². The van der Waals surface area contributed by atoms with E-state index in [0.29, 0.717) is 18.0 Å². The van der Waals surface area contributed by atoms with Gasteiger partial charge in [-0.1, -0.05) is 30.3 Å². The standard InChI is InChI=1S/C20H24N2O3/c1-20(2,18(23)21-16-10-12-17(25-4)13-11-16)19(24)22(3)14-15-8-6-5-7-9-15/h5-13H,14H2,1-4H3,(H,21,23). The van der Waals surface area contributed by atoms with E-state index >= 15 is 0 Å². The quantitative estimate of drug-likeness (QED) is 0.821. The van der Waals surface area contributed by atoms with Crippen molar-refractivity contribution < 1.29 is 14.3 Å². The van der Waals surface area contributed by atoms with E-state index in [4.69, 9.17) is 4.74 Å². The first-order valence-corrected chi connectivity index (χ1v) is 8.09. The lowest BCUT2D eigenvalue weighted by Gasteiger charge is -2.28. The van der Waals surface area contributed by atoms with E-state index in [0.717, 1.165) is 5.56 Å². The SMILES string of the molecule is COc1ccc(NC(=O)C(C)(C)C(=O)N(C)Cc2ccccc2)cc1. The molecule has 0 aliphatic carbocycles. The van der Waals surface area contributed by atoms with Gasteiger partial charge in [-0.05, 0) is 43.7 Å². The van der Waals surface area contributed by atoms with Gasteiger partial charge in [0.25, 0.3) is 0 Å². The number of carbonyl (C=O) groups is 2. The lowest BCUT2D eigenvalue weighted by molar-refractivity contribution is -0.145. The van der Waals surface area contributed by atoms with Crippen molar-refractivity contribution in [3.05, 3.63) is 60.2 Å². The average molecular weight is 340 g/mol. The van der Waals surface area contributed by atoms with Crippen LogP contribution in [0.3, 0.4) is 0 Å². The summed E-state index contributed by atoms with van der Waals surface area (Å²) < 4.78 is 5.09. The fourth-order valence-corrected chi connectivity index (χ4v) is 2.47. The fraction of sp³-hybridized carbons (Fsp3) is 0.300. The van der Waals surface area contributed by atoms with Gasteiger partial charge in [-0.2, -0.15) is 0 Å². The van der Waals surface area contributed by atoms with Crippen molar-refractivity contribution in [3.8, 4) is 5.75 Å². The number of rotatable bonds is 6. The molecule has 2 aromatic rings. The Morgan fingerprint density at radius 2 is 1.64 bits per heavy atom. The zero-order chi connectivity index (χ0) is 18.4. The number of anilines is 1.